The molecule has 0 atom stereocenters. The molecule has 1 saturated carbocycles. The maximum atomic E-state index is 9.34. The first-order valence-corrected chi connectivity index (χ1v) is 6.68. The van der Waals surface area contributed by atoms with Gasteiger partial charge in [0.2, 0.25) is 0 Å². The molecule has 1 fully saturated rings. The second kappa shape index (κ2) is 4.65. The van der Waals surface area contributed by atoms with E-state index in [0.717, 1.165) is 19.4 Å². The van der Waals surface area contributed by atoms with Crippen LogP contribution in [0.2, 0.25) is 0 Å². The molecule has 0 saturated heterocycles. The number of hydrogen-bond donors (Lipinski definition) is 0. The number of aryl methyl sites for hydroxylation is 3. The normalized spacial score (nSPS) is 16.8. The van der Waals surface area contributed by atoms with Gasteiger partial charge in [-0.15, -0.1) is 0 Å². The molecular weight excluding hydrogens is 220 g/mol. The van der Waals surface area contributed by atoms with E-state index in [1.165, 1.54) is 28.8 Å². The summed E-state index contributed by atoms with van der Waals surface area (Å²) in [5, 5.41) is 9.34. The van der Waals surface area contributed by atoms with Crippen molar-refractivity contribution in [1.29, 1.82) is 5.26 Å². The van der Waals surface area contributed by atoms with E-state index in [9.17, 15) is 5.26 Å². The van der Waals surface area contributed by atoms with Gasteiger partial charge in [0.05, 0.1) is 11.5 Å². The number of anilines is 1. The van der Waals surface area contributed by atoms with Gasteiger partial charge in [0.1, 0.15) is 0 Å². The highest BCUT2D eigenvalue weighted by atomic mass is 15.1. The highest BCUT2D eigenvalue weighted by Crippen LogP contribution is 2.42. The predicted octanol–water partition coefficient (Wildman–Crippen LogP) is 3.74. The summed E-state index contributed by atoms with van der Waals surface area (Å²) in [6, 6.07) is 6.97. The lowest BCUT2D eigenvalue weighted by Crippen LogP contribution is -2.40. The van der Waals surface area contributed by atoms with Crippen LogP contribution in [0.3, 0.4) is 0 Å². The molecule has 2 heteroatoms. The van der Waals surface area contributed by atoms with Gasteiger partial charge in [-0.25, -0.2) is 0 Å². The summed E-state index contributed by atoms with van der Waals surface area (Å²) in [4.78, 5) is 2.27. The number of nitriles is 1. The molecule has 0 amide bonds. The van der Waals surface area contributed by atoms with Gasteiger partial charge in [0.15, 0.2) is 0 Å². The monoisotopic (exact) mass is 242 g/mol. The molecule has 0 aromatic heterocycles. The molecular formula is C16H22N2. The zero-order valence-electron chi connectivity index (χ0n) is 11.9. The topological polar surface area (TPSA) is 27.0 Å². The first kappa shape index (κ1) is 13.0. The van der Waals surface area contributed by atoms with E-state index in [4.69, 9.17) is 0 Å². The summed E-state index contributed by atoms with van der Waals surface area (Å²) in [5.74, 6) is 0. The van der Waals surface area contributed by atoms with Gasteiger partial charge in [-0.3, -0.25) is 0 Å². The third-order valence-electron chi connectivity index (χ3n) is 4.10. The summed E-state index contributed by atoms with van der Waals surface area (Å²) < 4.78 is 0. The van der Waals surface area contributed by atoms with E-state index in [0.29, 0.717) is 0 Å². The summed E-state index contributed by atoms with van der Waals surface area (Å²) in [5.41, 5.74) is 5.12. The number of nitrogens with zero attached hydrogens (tertiary/aromatic N) is 2. The Bertz CT molecular complexity index is 469. The lowest BCUT2D eigenvalue weighted by molar-refractivity contribution is 0.223. The van der Waals surface area contributed by atoms with Gasteiger partial charge in [0, 0.05) is 19.3 Å². The van der Waals surface area contributed by atoms with Crippen LogP contribution in [0, 0.1) is 37.5 Å². The molecule has 0 heterocycles. The van der Waals surface area contributed by atoms with Crippen LogP contribution in [-0.2, 0) is 0 Å². The molecule has 96 valence electrons. The fraction of sp³-hybridized carbons (Fsp3) is 0.562. The third-order valence-corrected chi connectivity index (χ3v) is 4.10. The Balaban J connectivity index is 2.24. The highest BCUT2D eigenvalue weighted by Gasteiger charge is 2.38. The summed E-state index contributed by atoms with van der Waals surface area (Å²) in [7, 11) is 2.11. The quantitative estimate of drug-likeness (QED) is 0.807. The van der Waals surface area contributed by atoms with Gasteiger partial charge in [0.25, 0.3) is 0 Å². The second-order valence-electron chi connectivity index (χ2n) is 5.85. The SMILES string of the molecule is Cc1cc(C)c(N(C)CC2(C#N)CCC2)c(C)c1. The van der Waals surface area contributed by atoms with Crippen molar-refractivity contribution in [3.63, 3.8) is 0 Å². The lowest BCUT2D eigenvalue weighted by atomic mass is 9.69. The van der Waals surface area contributed by atoms with Crippen LogP contribution in [0.4, 0.5) is 5.69 Å². The van der Waals surface area contributed by atoms with Crippen molar-refractivity contribution < 1.29 is 0 Å². The van der Waals surface area contributed by atoms with Crippen molar-refractivity contribution in [2.75, 3.05) is 18.5 Å². The molecule has 2 nitrogen and oxygen atoms in total. The van der Waals surface area contributed by atoms with Gasteiger partial charge in [-0.2, -0.15) is 5.26 Å². The molecule has 1 aromatic carbocycles. The van der Waals surface area contributed by atoms with Crippen molar-refractivity contribution in [3.05, 3.63) is 28.8 Å². The maximum absolute atomic E-state index is 9.34. The minimum atomic E-state index is -0.0987. The maximum Gasteiger partial charge on any atom is 0.0748 e. The van der Waals surface area contributed by atoms with Crippen molar-refractivity contribution in [3.8, 4) is 6.07 Å². The Morgan fingerprint density at radius 2 is 1.78 bits per heavy atom. The minimum absolute atomic E-state index is 0.0987. The predicted molar refractivity (Wildman–Crippen MR) is 75.8 cm³/mol. The molecule has 1 aromatic rings. The van der Waals surface area contributed by atoms with Crippen molar-refractivity contribution in [2.24, 2.45) is 5.41 Å². The zero-order chi connectivity index (χ0) is 13.3. The van der Waals surface area contributed by atoms with E-state index < -0.39 is 0 Å². The largest absolute Gasteiger partial charge is 0.373 e. The molecule has 0 bridgehead atoms. The van der Waals surface area contributed by atoms with Crippen LogP contribution >= 0.6 is 0 Å². The summed E-state index contributed by atoms with van der Waals surface area (Å²) in [6.07, 6.45) is 3.31. The zero-order valence-corrected chi connectivity index (χ0v) is 11.9. The molecule has 18 heavy (non-hydrogen) atoms. The van der Waals surface area contributed by atoms with E-state index in [1.807, 2.05) is 0 Å². The minimum Gasteiger partial charge on any atom is -0.373 e. The number of hydrogen-bond acceptors (Lipinski definition) is 2. The van der Waals surface area contributed by atoms with Crippen molar-refractivity contribution >= 4 is 5.69 Å². The molecule has 0 unspecified atom stereocenters. The van der Waals surface area contributed by atoms with Gasteiger partial charge >= 0.3 is 0 Å². The molecule has 0 aliphatic heterocycles. The standard InChI is InChI=1S/C16H22N2/c1-12-8-13(2)15(14(3)9-12)18(4)11-16(10-17)6-5-7-16/h8-9H,5-7,11H2,1-4H3. The summed E-state index contributed by atoms with van der Waals surface area (Å²) >= 11 is 0. The van der Waals surface area contributed by atoms with Crippen LogP contribution in [0.15, 0.2) is 12.1 Å². The van der Waals surface area contributed by atoms with Crippen LogP contribution in [0.25, 0.3) is 0 Å². The van der Waals surface area contributed by atoms with E-state index >= 15 is 0 Å². The Kier molecular flexibility index (Phi) is 3.34. The Morgan fingerprint density at radius 1 is 1.22 bits per heavy atom. The molecule has 1 aliphatic carbocycles. The average Bonchev–Trinajstić information content (AvgIpc) is 2.21. The number of rotatable bonds is 3. The van der Waals surface area contributed by atoms with E-state index in [2.05, 4.69) is 50.9 Å². The van der Waals surface area contributed by atoms with Gasteiger partial charge in [-0.1, -0.05) is 24.1 Å². The van der Waals surface area contributed by atoms with Crippen LogP contribution < -0.4 is 4.90 Å². The Hall–Kier alpha value is -1.49. The molecule has 0 N–H and O–H groups in total. The Labute approximate surface area is 110 Å². The molecule has 2 rings (SSSR count). The fourth-order valence-electron chi connectivity index (χ4n) is 3.22. The summed E-state index contributed by atoms with van der Waals surface area (Å²) in [6.45, 7) is 7.30. The van der Waals surface area contributed by atoms with Crippen LogP contribution in [0.1, 0.15) is 36.0 Å². The van der Waals surface area contributed by atoms with Crippen molar-refractivity contribution in [2.45, 2.75) is 40.0 Å². The molecule has 0 radical (unpaired) electrons. The first-order chi connectivity index (χ1) is 8.47. The average molecular weight is 242 g/mol. The van der Waals surface area contributed by atoms with E-state index in [1.54, 1.807) is 0 Å². The highest BCUT2D eigenvalue weighted by molar-refractivity contribution is 5.60. The van der Waals surface area contributed by atoms with E-state index in [-0.39, 0.29) is 5.41 Å². The second-order valence-corrected chi connectivity index (χ2v) is 5.85. The Morgan fingerprint density at radius 3 is 2.17 bits per heavy atom. The molecule has 0 spiro atoms. The lowest BCUT2D eigenvalue weighted by Gasteiger charge is -2.39. The van der Waals surface area contributed by atoms with Gasteiger partial charge in [-0.05, 0) is 44.7 Å². The van der Waals surface area contributed by atoms with Crippen LogP contribution in [-0.4, -0.2) is 13.6 Å². The molecule has 1 aliphatic rings. The van der Waals surface area contributed by atoms with Crippen molar-refractivity contribution in [1.82, 2.24) is 0 Å². The smallest absolute Gasteiger partial charge is 0.0748 e. The first-order valence-electron chi connectivity index (χ1n) is 6.68. The fourth-order valence-corrected chi connectivity index (χ4v) is 3.22. The van der Waals surface area contributed by atoms with Crippen LogP contribution in [0.5, 0.6) is 0 Å². The van der Waals surface area contributed by atoms with Gasteiger partial charge < -0.3 is 4.90 Å². The number of benzene rings is 1. The third kappa shape index (κ3) is 2.22.